The van der Waals surface area contributed by atoms with E-state index in [9.17, 15) is 9.59 Å². The fraction of sp³-hybridized carbons (Fsp3) is 0.200. The van der Waals surface area contributed by atoms with Crippen LogP contribution in [0.25, 0.3) is 11.0 Å². The Labute approximate surface area is 115 Å². The molecule has 0 amide bonds. The third kappa shape index (κ3) is 3.06. The minimum Gasteiger partial charge on any atom is -0.497 e. The summed E-state index contributed by atoms with van der Waals surface area (Å²) in [6.07, 6.45) is 2.90. The molecule has 0 aliphatic carbocycles. The largest absolute Gasteiger partial charge is 0.497 e. The average Bonchev–Trinajstić information content (AvgIpc) is 2.44. The van der Waals surface area contributed by atoms with E-state index in [0.29, 0.717) is 22.3 Å². The van der Waals surface area contributed by atoms with Crippen molar-refractivity contribution in [2.45, 2.75) is 13.5 Å². The van der Waals surface area contributed by atoms with E-state index in [4.69, 9.17) is 13.9 Å². The highest BCUT2D eigenvalue weighted by Gasteiger charge is 2.08. The number of ether oxygens (including phenoxy) is 2. The van der Waals surface area contributed by atoms with E-state index in [0.717, 1.165) is 0 Å². The van der Waals surface area contributed by atoms with Gasteiger partial charge in [0.2, 0.25) is 0 Å². The molecule has 20 heavy (non-hydrogen) atoms. The second kappa shape index (κ2) is 6.06. The first-order valence-electron chi connectivity index (χ1n) is 6.04. The zero-order chi connectivity index (χ0) is 14.5. The Morgan fingerprint density at radius 2 is 2.15 bits per heavy atom. The van der Waals surface area contributed by atoms with Crippen molar-refractivity contribution in [1.82, 2.24) is 0 Å². The smallest absolute Gasteiger partial charge is 0.336 e. The number of rotatable bonds is 4. The number of allylic oxidation sites excluding steroid dienone is 1. The summed E-state index contributed by atoms with van der Waals surface area (Å²) in [5.74, 6) is 0.131. The van der Waals surface area contributed by atoms with Crippen molar-refractivity contribution in [2.75, 3.05) is 7.11 Å². The van der Waals surface area contributed by atoms with Crippen molar-refractivity contribution >= 4 is 16.9 Å². The minimum absolute atomic E-state index is 0.0115. The predicted molar refractivity (Wildman–Crippen MR) is 73.6 cm³/mol. The van der Waals surface area contributed by atoms with Gasteiger partial charge in [0.1, 0.15) is 17.9 Å². The number of methoxy groups -OCH3 is 1. The molecule has 0 bridgehead atoms. The summed E-state index contributed by atoms with van der Waals surface area (Å²) in [6, 6.07) is 6.45. The molecule has 1 aromatic heterocycles. The van der Waals surface area contributed by atoms with E-state index < -0.39 is 11.6 Å². The number of hydrogen-bond donors (Lipinski definition) is 0. The van der Waals surface area contributed by atoms with Crippen LogP contribution >= 0.6 is 0 Å². The predicted octanol–water partition coefficient (Wildman–Crippen LogP) is 2.42. The molecule has 0 unspecified atom stereocenters. The summed E-state index contributed by atoms with van der Waals surface area (Å²) in [7, 11) is 1.53. The van der Waals surface area contributed by atoms with Gasteiger partial charge in [-0.15, -0.1) is 0 Å². The molecule has 0 aliphatic rings. The molecule has 0 radical (unpaired) electrons. The van der Waals surface area contributed by atoms with E-state index in [1.54, 1.807) is 31.2 Å². The maximum Gasteiger partial charge on any atom is 0.336 e. The van der Waals surface area contributed by atoms with Gasteiger partial charge in [-0.05, 0) is 19.1 Å². The topological polar surface area (TPSA) is 65.7 Å². The fourth-order valence-corrected chi connectivity index (χ4v) is 1.79. The first-order chi connectivity index (χ1) is 9.63. The summed E-state index contributed by atoms with van der Waals surface area (Å²) >= 11 is 0. The lowest BCUT2D eigenvalue weighted by Crippen LogP contribution is -2.05. The Hall–Kier alpha value is -2.56. The van der Waals surface area contributed by atoms with Crippen molar-refractivity contribution in [3.63, 3.8) is 0 Å². The van der Waals surface area contributed by atoms with Crippen molar-refractivity contribution in [2.24, 2.45) is 0 Å². The van der Waals surface area contributed by atoms with Crippen LogP contribution in [0.3, 0.4) is 0 Å². The molecular formula is C15H14O5. The Kier molecular flexibility index (Phi) is 4.20. The van der Waals surface area contributed by atoms with Crippen molar-refractivity contribution in [3.05, 3.63) is 52.4 Å². The molecule has 2 rings (SSSR count). The van der Waals surface area contributed by atoms with Crippen LogP contribution in [0.5, 0.6) is 5.75 Å². The summed E-state index contributed by atoms with van der Waals surface area (Å²) in [4.78, 5) is 22.8. The van der Waals surface area contributed by atoms with Crippen LogP contribution in [0.2, 0.25) is 0 Å². The third-order valence-electron chi connectivity index (χ3n) is 2.71. The van der Waals surface area contributed by atoms with Gasteiger partial charge in [-0.1, -0.05) is 6.08 Å². The number of carbonyl (C=O) groups is 1. The van der Waals surface area contributed by atoms with Gasteiger partial charge in [0.05, 0.1) is 7.11 Å². The highest BCUT2D eigenvalue weighted by Crippen LogP contribution is 2.22. The lowest BCUT2D eigenvalue weighted by Gasteiger charge is -2.07. The molecule has 5 nitrogen and oxygen atoms in total. The molecule has 0 saturated heterocycles. The molecule has 1 aromatic carbocycles. The SMILES string of the molecule is CC=CC(=O)OCc1cc(=O)oc2cc(OC)ccc12. The quantitative estimate of drug-likeness (QED) is 0.486. The Bertz CT molecular complexity index is 712. The van der Waals surface area contributed by atoms with Crippen LogP contribution in [0.1, 0.15) is 12.5 Å². The second-order valence-corrected chi connectivity index (χ2v) is 4.06. The maximum atomic E-state index is 11.5. The van der Waals surface area contributed by atoms with Gasteiger partial charge in [-0.3, -0.25) is 0 Å². The molecule has 5 heteroatoms. The summed E-state index contributed by atoms with van der Waals surface area (Å²) in [6.45, 7) is 1.73. The minimum atomic E-state index is -0.497. The third-order valence-corrected chi connectivity index (χ3v) is 2.71. The average molecular weight is 274 g/mol. The lowest BCUT2D eigenvalue weighted by molar-refractivity contribution is -0.138. The molecule has 0 aliphatic heterocycles. The van der Waals surface area contributed by atoms with E-state index in [1.807, 2.05) is 0 Å². The van der Waals surface area contributed by atoms with E-state index in [-0.39, 0.29) is 6.61 Å². The Morgan fingerprint density at radius 3 is 2.85 bits per heavy atom. The first-order valence-corrected chi connectivity index (χ1v) is 6.04. The number of carbonyl (C=O) groups excluding carboxylic acids is 1. The van der Waals surface area contributed by atoms with Crippen LogP contribution < -0.4 is 10.4 Å². The highest BCUT2D eigenvalue weighted by atomic mass is 16.5. The first kappa shape index (κ1) is 13.9. The molecule has 1 heterocycles. The fourth-order valence-electron chi connectivity index (χ4n) is 1.79. The van der Waals surface area contributed by atoms with Crippen LogP contribution in [0, 0.1) is 0 Å². The number of benzene rings is 1. The second-order valence-electron chi connectivity index (χ2n) is 4.06. The molecule has 0 fully saturated rings. The molecular weight excluding hydrogens is 260 g/mol. The van der Waals surface area contributed by atoms with Gasteiger partial charge in [0.25, 0.3) is 0 Å². The van der Waals surface area contributed by atoms with Gasteiger partial charge in [-0.25, -0.2) is 9.59 Å². The molecule has 104 valence electrons. The van der Waals surface area contributed by atoms with Crippen molar-refractivity contribution in [3.8, 4) is 5.75 Å². The Morgan fingerprint density at radius 1 is 1.35 bits per heavy atom. The van der Waals surface area contributed by atoms with Gasteiger partial charge >= 0.3 is 11.6 Å². The summed E-state index contributed by atoms with van der Waals surface area (Å²) in [5.41, 5.74) is 0.494. The standard InChI is InChI=1S/C15H14O5/c1-3-4-14(16)19-9-10-7-15(17)20-13-8-11(18-2)5-6-12(10)13/h3-8H,9H2,1-2H3. The highest BCUT2D eigenvalue weighted by molar-refractivity contribution is 5.83. The molecule has 0 N–H and O–H groups in total. The summed E-state index contributed by atoms with van der Waals surface area (Å²) < 4.78 is 15.2. The van der Waals surface area contributed by atoms with Crippen molar-refractivity contribution in [1.29, 1.82) is 0 Å². The number of fused-ring (bicyclic) bond motifs is 1. The number of hydrogen-bond acceptors (Lipinski definition) is 5. The van der Waals surface area contributed by atoms with Crippen LogP contribution in [-0.4, -0.2) is 13.1 Å². The van der Waals surface area contributed by atoms with E-state index >= 15 is 0 Å². The summed E-state index contributed by atoms with van der Waals surface area (Å²) in [5, 5.41) is 0.707. The maximum absolute atomic E-state index is 11.5. The zero-order valence-electron chi connectivity index (χ0n) is 11.2. The molecule has 0 spiro atoms. The van der Waals surface area contributed by atoms with Crippen molar-refractivity contribution < 1.29 is 18.7 Å². The lowest BCUT2D eigenvalue weighted by atomic mass is 10.1. The van der Waals surface area contributed by atoms with E-state index in [1.165, 1.54) is 19.3 Å². The molecule has 2 aromatic rings. The Balaban J connectivity index is 2.37. The van der Waals surface area contributed by atoms with Gasteiger partial charge in [0, 0.05) is 29.2 Å². The van der Waals surface area contributed by atoms with Gasteiger partial charge in [-0.2, -0.15) is 0 Å². The van der Waals surface area contributed by atoms with E-state index in [2.05, 4.69) is 0 Å². The zero-order valence-corrected chi connectivity index (χ0v) is 11.2. The van der Waals surface area contributed by atoms with Crippen LogP contribution in [0.4, 0.5) is 0 Å². The normalized spacial score (nSPS) is 10.9. The molecule has 0 atom stereocenters. The van der Waals surface area contributed by atoms with Crippen LogP contribution in [0.15, 0.2) is 45.6 Å². The monoisotopic (exact) mass is 274 g/mol. The van der Waals surface area contributed by atoms with Gasteiger partial charge in [0.15, 0.2) is 0 Å². The van der Waals surface area contributed by atoms with Crippen LogP contribution in [-0.2, 0) is 16.1 Å². The van der Waals surface area contributed by atoms with Gasteiger partial charge < -0.3 is 13.9 Å². The number of esters is 1. The molecule has 0 saturated carbocycles.